The summed E-state index contributed by atoms with van der Waals surface area (Å²) in [6.07, 6.45) is 1.51. The molecule has 1 heterocycles. The van der Waals surface area contributed by atoms with Crippen molar-refractivity contribution >= 4 is 11.6 Å². The molecule has 5 heteroatoms. The highest BCUT2D eigenvalue weighted by Gasteiger charge is 2.17. The van der Waals surface area contributed by atoms with E-state index in [-0.39, 0.29) is 12.0 Å². The SMILES string of the molecule is CCc1nc(N)cc(NCC(C)(C)CCO)n1. The number of hydrogen-bond acceptors (Lipinski definition) is 5. The van der Waals surface area contributed by atoms with Crippen molar-refractivity contribution in [1.82, 2.24) is 9.97 Å². The second-order valence-electron chi connectivity index (χ2n) is 4.94. The molecule has 0 bridgehead atoms. The Labute approximate surface area is 102 Å². The Balaban J connectivity index is 2.65. The number of nitrogens with two attached hydrogens (primary N) is 1. The summed E-state index contributed by atoms with van der Waals surface area (Å²) in [7, 11) is 0. The van der Waals surface area contributed by atoms with Gasteiger partial charge in [0.25, 0.3) is 0 Å². The van der Waals surface area contributed by atoms with E-state index in [1.54, 1.807) is 6.07 Å². The van der Waals surface area contributed by atoms with Crippen molar-refractivity contribution in [2.24, 2.45) is 5.41 Å². The second kappa shape index (κ2) is 5.82. The summed E-state index contributed by atoms with van der Waals surface area (Å²) >= 11 is 0. The molecule has 0 aromatic carbocycles. The van der Waals surface area contributed by atoms with Crippen LogP contribution in [0, 0.1) is 5.41 Å². The molecule has 0 aliphatic heterocycles. The number of anilines is 2. The number of aromatic nitrogens is 2. The molecule has 0 unspecified atom stereocenters. The first-order valence-electron chi connectivity index (χ1n) is 5.95. The van der Waals surface area contributed by atoms with Crippen molar-refractivity contribution in [3.63, 3.8) is 0 Å². The fourth-order valence-electron chi connectivity index (χ4n) is 1.49. The molecular formula is C12H22N4O. The summed E-state index contributed by atoms with van der Waals surface area (Å²) in [5, 5.41) is 12.2. The minimum absolute atomic E-state index is 0.0286. The number of nitrogens with one attached hydrogen (secondary N) is 1. The van der Waals surface area contributed by atoms with E-state index in [0.717, 1.165) is 31.0 Å². The van der Waals surface area contributed by atoms with Crippen molar-refractivity contribution in [2.45, 2.75) is 33.6 Å². The number of aliphatic hydroxyl groups is 1. The maximum Gasteiger partial charge on any atom is 0.132 e. The minimum Gasteiger partial charge on any atom is -0.396 e. The predicted octanol–water partition coefficient (Wildman–Crippen LogP) is 1.44. The molecule has 17 heavy (non-hydrogen) atoms. The number of rotatable bonds is 6. The van der Waals surface area contributed by atoms with Crippen molar-refractivity contribution in [3.8, 4) is 0 Å². The highest BCUT2D eigenvalue weighted by atomic mass is 16.3. The minimum atomic E-state index is 0.0286. The lowest BCUT2D eigenvalue weighted by molar-refractivity contribution is 0.220. The van der Waals surface area contributed by atoms with Crippen molar-refractivity contribution in [3.05, 3.63) is 11.9 Å². The van der Waals surface area contributed by atoms with Gasteiger partial charge in [0, 0.05) is 25.6 Å². The maximum absolute atomic E-state index is 8.95. The van der Waals surface area contributed by atoms with Gasteiger partial charge in [-0.05, 0) is 11.8 Å². The van der Waals surface area contributed by atoms with Crippen molar-refractivity contribution in [2.75, 3.05) is 24.2 Å². The molecule has 0 spiro atoms. The van der Waals surface area contributed by atoms with Gasteiger partial charge in [-0.25, -0.2) is 9.97 Å². The van der Waals surface area contributed by atoms with Crippen LogP contribution in [-0.2, 0) is 6.42 Å². The molecule has 0 aliphatic carbocycles. The van der Waals surface area contributed by atoms with Gasteiger partial charge in [-0.2, -0.15) is 0 Å². The van der Waals surface area contributed by atoms with Crippen LogP contribution >= 0.6 is 0 Å². The molecule has 0 atom stereocenters. The molecule has 0 saturated carbocycles. The zero-order chi connectivity index (χ0) is 12.9. The Morgan fingerprint density at radius 2 is 2.12 bits per heavy atom. The van der Waals surface area contributed by atoms with Gasteiger partial charge in [0.05, 0.1) is 0 Å². The average molecular weight is 238 g/mol. The van der Waals surface area contributed by atoms with E-state index in [4.69, 9.17) is 10.8 Å². The molecule has 0 amide bonds. The lowest BCUT2D eigenvalue weighted by Crippen LogP contribution is -2.24. The largest absolute Gasteiger partial charge is 0.396 e. The number of nitrogen functional groups attached to an aromatic ring is 1. The lowest BCUT2D eigenvalue weighted by Gasteiger charge is -2.24. The summed E-state index contributed by atoms with van der Waals surface area (Å²) in [6.45, 7) is 7.13. The van der Waals surface area contributed by atoms with Crippen LogP contribution in [-0.4, -0.2) is 28.2 Å². The molecule has 0 fully saturated rings. The molecule has 4 N–H and O–H groups in total. The van der Waals surface area contributed by atoms with Gasteiger partial charge in [0.15, 0.2) is 0 Å². The van der Waals surface area contributed by atoms with E-state index in [2.05, 4.69) is 29.1 Å². The Morgan fingerprint density at radius 3 is 2.71 bits per heavy atom. The Hall–Kier alpha value is -1.36. The Kier molecular flexibility index (Phi) is 4.69. The molecule has 1 aromatic rings. The first kappa shape index (κ1) is 13.7. The van der Waals surface area contributed by atoms with Gasteiger partial charge in [-0.3, -0.25) is 0 Å². The van der Waals surface area contributed by atoms with Crippen LogP contribution in [0.4, 0.5) is 11.6 Å². The van der Waals surface area contributed by atoms with Gasteiger partial charge < -0.3 is 16.2 Å². The summed E-state index contributed by atoms with van der Waals surface area (Å²) in [5.74, 6) is 1.98. The van der Waals surface area contributed by atoms with Gasteiger partial charge in [0.2, 0.25) is 0 Å². The first-order chi connectivity index (χ1) is 7.96. The molecule has 0 aliphatic rings. The molecule has 0 radical (unpaired) electrons. The molecule has 96 valence electrons. The zero-order valence-corrected chi connectivity index (χ0v) is 10.8. The van der Waals surface area contributed by atoms with E-state index < -0.39 is 0 Å². The van der Waals surface area contributed by atoms with Crippen LogP contribution < -0.4 is 11.1 Å². The molecule has 5 nitrogen and oxygen atoms in total. The number of aryl methyl sites for hydroxylation is 1. The number of aliphatic hydroxyl groups excluding tert-OH is 1. The van der Waals surface area contributed by atoms with Crippen LogP contribution in [0.25, 0.3) is 0 Å². The van der Waals surface area contributed by atoms with Gasteiger partial charge in [0.1, 0.15) is 17.5 Å². The molecule has 0 saturated heterocycles. The van der Waals surface area contributed by atoms with E-state index >= 15 is 0 Å². The van der Waals surface area contributed by atoms with Crippen molar-refractivity contribution in [1.29, 1.82) is 0 Å². The van der Waals surface area contributed by atoms with E-state index in [0.29, 0.717) is 5.82 Å². The third-order valence-corrected chi connectivity index (χ3v) is 2.65. The molecular weight excluding hydrogens is 216 g/mol. The number of nitrogens with zero attached hydrogens (tertiary/aromatic N) is 2. The smallest absolute Gasteiger partial charge is 0.132 e. The van der Waals surface area contributed by atoms with Crippen LogP contribution in [0.15, 0.2) is 6.07 Å². The summed E-state index contributed by atoms with van der Waals surface area (Å²) < 4.78 is 0. The van der Waals surface area contributed by atoms with Crippen molar-refractivity contribution < 1.29 is 5.11 Å². The van der Waals surface area contributed by atoms with Gasteiger partial charge in [-0.1, -0.05) is 20.8 Å². The summed E-state index contributed by atoms with van der Waals surface area (Å²) in [5.41, 5.74) is 5.73. The van der Waals surface area contributed by atoms with Gasteiger partial charge in [-0.15, -0.1) is 0 Å². The fourth-order valence-corrected chi connectivity index (χ4v) is 1.49. The highest BCUT2D eigenvalue weighted by Crippen LogP contribution is 2.20. The zero-order valence-electron chi connectivity index (χ0n) is 10.8. The summed E-state index contributed by atoms with van der Waals surface area (Å²) in [6, 6.07) is 1.73. The Bertz CT molecular complexity index is 366. The quantitative estimate of drug-likeness (QED) is 0.698. The van der Waals surface area contributed by atoms with Crippen LogP contribution in [0.2, 0.25) is 0 Å². The van der Waals surface area contributed by atoms with Gasteiger partial charge >= 0.3 is 0 Å². The topological polar surface area (TPSA) is 84.1 Å². The average Bonchev–Trinajstić information content (AvgIpc) is 2.26. The highest BCUT2D eigenvalue weighted by molar-refractivity contribution is 5.44. The standard InChI is InChI=1S/C12H22N4O/c1-4-10-15-9(13)7-11(16-10)14-8-12(2,3)5-6-17/h7,17H,4-6,8H2,1-3H3,(H3,13,14,15,16). The lowest BCUT2D eigenvalue weighted by atomic mass is 9.90. The first-order valence-corrected chi connectivity index (χ1v) is 5.95. The Morgan fingerprint density at radius 1 is 1.41 bits per heavy atom. The second-order valence-corrected chi connectivity index (χ2v) is 4.94. The number of hydrogen-bond donors (Lipinski definition) is 3. The molecule has 1 aromatic heterocycles. The van der Waals surface area contributed by atoms with E-state index in [9.17, 15) is 0 Å². The molecule has 1 rings (SSSR count). The summed E-state index contributed by atoms with van der Waals surface area (Å²) in [4.78, 5) is 8.47. The van der Waals surface area contributed by atoms with E-state index in [1.807, 2.05) is 6.92 Å². The monoisotopic (exact) mass is 238 g/mol. The van der Waals surface area contributed by atoms with Crippen LogP contribution in [0.1, 0.15) is 33.0 Å². The van der Waals surface area contributed by atoms with Crippen LogP contribution in [0.5, 0.6) is 0 Å². The van der Waals surface area contributed by atoms with Crippen LogP contribution in [0.3, 0.4) is 0 Å². The normalized spacial score (nSPS) is 11.5. The predicted molar refractivity (Wildman–Crippen MR) is 69.8 cm³/mol. The third-order valence-electron chi connectivity index (χ3n) is 2.65. The fraction of sp³-hybridized carbons (Fsp3) is 0.667. The van der Waals surface area contributed by atoms with E-state index in [1.165, 1.54) is 0 Å². The maximum atomic E-state index is 8.95. The third kappa shape index (κ3) is 4.56.